The van der Waals surface area contributed by atoms with Gasteiger partial charge in [0.25, 0.3) is 5.91 Å². The Hall–Kier alpha value is -2.30. The van der Waals surface area contributed by atoms with Gasteiger partial charge in [-0.2, -0.15) is 0 Å². The van der Waals surface area contributed by atoms with Gasteiger partial charge >= 0.3 is 0 Å². The molecular formula is C20H29N3O2. The summed E-state index contributed by atoms with van der Waals surface area (Å²) < 4.78 is 5.30. The second-order valence-corrected chi connectivity index (χ2v) is 6.56. The number of carbonyl (C=O) groups is 1. The third-order valence-electron chi connectivity index (χ3n) is 4.58. The van der Waals surface area contributed by atoms with Gasteiger partial charge in [0, 0.05) is 24.1 Å². The molecule has 0 saturated carbocycles. The lowest BCUT2D eigenvalue weighted by molar-refractivity contribution is -0.119. The number of nitrogens with one attached hydrogen (secondary N) is 1. The lowest BCUT2D eigenvalue weighted by Crippen LogP contribution is -2.47. The fraction of sp³-hybridized carbons (Fsp3) is 0.500. The quantitative estimate of drug-likeness (QED) is 0.713. The van der Waals surface area contributed by atoms with Crippen LogP contribution >= 0.6 is 0 Å². The number of ether oxygens (including phenoxy) is 1. The number of amides is 1. The Kier molecular flexibility index (Phi) is 7.04. The molecule has 3 N–H and O–H groups in total. The van der Waals surface area contributed by atoms with Crippen LogP contribution in [0.2, 0.25) is 0 Å². The summed E-state index contributed by atoms with van der Waals surface area (Å²) in [5, 5.41) is 3.63. The fourth-order valence-electron chi connectivity index (χ4n) is 3.27. The Labute approximate surface area is 150 Å². The third kappa shape index (κ3) is 5.34. The van der Waals surface area contributed by atoms with Crippen LogP contribution in [-0.2, 0) is 4.79 Å². The first kappa shape index (κ1) is 19.0. The molecule has 1 aliphatic rings. The lowest BCUT2D eigenvalue weighted by atomic mass is 9.83. The Morgan fingerprint density at radius 1 is 1.44 bits per heavy atom. The van der Waals surface area contributed by atoms with E-state index >= 15 is 0 Å². The number of nitrogens with two attached hydrogens (primary N) is 1. The molecule has 1 aromatic rings. The maximum absolute atomic E-state index is 10.8. The number of hydrogen-bond acceptors (Lipinski definition) is 4. The largest absolute Gasteiger partial charge is 0.484 e. The summed E-state index contributed by atoms with van der Waals surface area (Å²) in [6, 6.07) is 8.02. The second kappa shape index (κ2) is 9.25. The molecule has 0 bridgehead atoms. The van der Waals surface area contributed by atoms with E-state index in [1.54, 1.807) is 0 Å². The predicted octanol–water partition coefficient (Wildman–Crippen LogP) is 2.90. The highest BCUT2D eigenvalue weighted by atomic mass is 16.5. The van der Waals surface area contributed by atoms with E-state index in [1.807, 2.05) is 24.3 Å². The molecule has 1 heterocycles. The minimum Gasteiger partial charge on any atom is -0.484 e. The van der Waals surface area contributed by atoms with Gasteiger partial charge in [-0.15, -0.1) is 0 Å². The second-order valence-electron chi connectivity index (χ2n) is 6.56. The molecule has 25 heavy (non-hydrogen) atoms. The molecule has 136 valence electrons. The molecule has 5 nitrogen and oxygen atoms in total. The first-order chi connectivity index (χ1) is 12.0. The van der Waals surface area contributed by atoms with Crippen molar-refractivity contribution in [1.82, 2.24) is 5.32 Å². The van der Waals surface area contributed by atoms with Crippen molar-refractivity contribution in [3.63, 3.8) is 0 Å². The first-order valence-corrected chi connectivity index (χ1v) is 9.00. The number of primary amides is 1. The van der Waals surface area contributed by atoms with Gasteiger partial charge in [0.2, 0.25) is 0 Å². The van der Waals surface area contributed by atoms with Gasteiger partial charge in [-0.05, 0) is 43.5 Å². The van der Waals surface area contributed by atoms with E-state index in [0.29, 0.717) is 23.6 Å². The van der Waals surface area contributed by atoms with Crippen molar-refractivity contribution in [2.45, 2.75) is 39.7 Å². The zero-order valence-electron chi connectivity index (χ0n) is 15.4. The molecule has 0 spiro atoms. The zero-order chi connectivity index (χ0) is 18.2. The summed E-state index contributed by atoms with van der Waals surface area (Å²) >= 11 is 0. The highest BCUT2D eigenvalue weighted by molar-refractivity contribution is 5.99. The third-order valence-corrected chi connectivity index (χ3v) is 4.58. The lowest BCUT2D eigenvalue weighted by Gasteiger charge is -2.35. The molecule has 0 aromatic heterocycles. The van der Waals surface area contributed by atoms with E-state index in [-0.39, 0.29) is 6.61 Å². The predicted molar refractivity (Wildman–Crippen MR) is 102 cm³/mol. The van der Waals surface area contributed by atoms with Crippen LogP contribution in [0.4, 0.5) is 0 Å². The molecule has 0 saturated heterocycles. The van der Waals surface area contributed by atoms with Crippen molar-refractivity contribution in [3.05, 3.63) is 42.0 Å². The van der Waals surface area contributed by atoms with Gasteiger partial charge in [0.1, 0.15) is 11.6 Å². The molecule has 5 heteroatoms. The van der Waals surface area contributed by atoms with E-state index in [9.17, 15) is 4.79 Å². The van der Waals surface area contributed by atoms with Crippen LogP contribution in [0.25, 0.3) is 0 Å². The van der Waals surface area contributed by atoms with Crippen LogP contribution < -0.4 is 15.8 Å². The molecular weight excluding hydrogens is 314 g/mol. The molecule has 1 aromatic carbocycles. The number of benzene rings is 1. The zero-order valence-corrected chi connectivity index (χ0v) is 15.4. The van der Waals surface area contributed by atoms with Gasteiger partial charge in [-0.3, -0.25) is 9.79 Å². The smallest absolute Gasteiger partial charge is 0.255 e. The van der Waals surface area contributed by atoms with E-state index < -0.39 is 5.91 Å². The van der Waals surface area contributed by atoms with Crippen molar-refractivity contribution < 1.29 is 9.53 Å². The van der Waals surface area contributed by atoms with Crippen LogP contribution in [0.5, 0.6) is 5.75 Å². The van der Waals surface area contributed by atoms with Crippen molar-refractivity contribution in [1.29, 1.82) is 0 Å². The van der Waals surface area contributed by atoms with E-state index in [4.69, 9.17) is 15.5 Å². The Balaban J connectivity index is 2.10. The van der Waals surface area contributed by atoms with Crippen LogP contribution in [0.1, 0.15) is 39.2 Å². The van der Waals surface area contributed by atoms with Crippen molar-refractivity contribution in [2.24, 2.45) is 22.6 Å². The summed E-state index contributed by atoms with van der Waals surface area (Å²) in [4.78, 5) is 15.6. The van der Waals surface area contributed by atoms with E-state index in [0.717, 1.165) is 30.8 Å². The molecule has 3 unspecified atom stereocenters. The Morgan fingerprint density at radius 3 is 2.76 bits per heavy atom. The number of amidine groups is 1. The normalized spacial score (nSPS) is 21.5. The molecule has 3 atom stereocenters. The maximum Gasteiger partial charge on any atom is 0.255 e. The molecule has 1 aliphatic heterocycles. The Bertz CT molecular complexity index is 622. The van der Waals surface area contributed by atoms with Gasteiger partial charge in [-0.25, -0.2) is 0 Å². The summed E-state index contributed by atoms with van der Waals surface area (Å²) in [5.74, 6) is 2.10. The number of carbonyl (C=O) groups excluding carboxylic acids is 1. The molecule has 2 rings (SSSR count). The Morgan fingerprint density at radius 2 is 2.16 bits per heavy atom. The van der Waals surface area contributed by atoms with Gasteiger partial charge in [-0.1, -0.05) is 32.4 Å². The van der Waals surface area contributed by atoms with Crippen LogP contribution in [0.3, 0.4) is 0 Å². The number of hydrogen-bond donors (Lipinski definition) is 2. The van der Waals surface area contributed by atoms with Gasteiger partial charge in [0.05, 0.1) is 0 Å². The number of allylic oxidation sites excluding steroid dienone is 2. The van der Waals surface area contributed by atoms with Gasteiger partial charge in [0.15, 0.2) is 6.61 Å². The summed E-state index contributed by atoms with van der Waals surface area (Å²) in [7, 11) is 0. The first-order valence-electron chi connectivity index (χ1n) is 9.00. The monoisotopic (exact) mass is 343 g/mol. The standard InChI is InChI=1S/C20H29N3O2/c1-4-6-14(3)17-12-22-20(23-18(17)7-5-2)15-8-10-16(11-9-15)25-13-19(21)24/h4,6,8-11,14,17-18H,5,7,12-13H2,1-3H3,(H2,21,24)(H,22,23). The SMILES string of the molecule is CC=CC(C)C1CN=C(c2ccc(OCC(N)=O)cc2)NC1CCC. The van der Waals surface area contributed by atoms with Crippen LogP contribution in [0, 0.1) is 11.8 Å². The fourth-order valence-corrected chi connectivity index (χ4v) is 3.27. The number of rotatable bonds is 8. The summed E-state index contributed by atoms with van der Waals surface area (Å²) in [6.45, 7) is 7.27. The summed E-state index contributed by atoms with van der Waals surface area (Å²) in [6.07, 6.45) is 6.66. The van der Waals surface area contributed by atoms with Crippen molar-refractivity contribution in [3.8, 4) is 5.75 Å². The van der Waals surface area contributed by atoms with Crippen molar-refractivity contribution >= 4 is 11.7 Å². The van der Waals surface area contributed by atoms with Crippen LogP contribution in [-0.4, -0.2) is 30.9 Å². The highest BCUT2D eigenvalue weighted by Crippen LogP contribution is 2.25. The minimum atomic E-state index is -0.480. The summed E-state index contributed by atoms with van der Waals surface area (Å²) in [5.41, 5.74) is 6.12. The number of nitrogens with zero attached hydrogens (tertiary/aromatic N) is 1. The average molecular weight is 343 g/mol. The molecule has 0 radical (unpaired) electrons. The molecule has 1 amide bonds. The molecule has 0 aliphatic carbocycles. The number of aliphatic imine (C=N–C) groups is 1. The van der Waals surface area contributed by atoms with E-state index in [1.165, 1.54) is 0 Å². The topological polar surface area (TPSA) is 76.7 Å². The van der Waals surface area contributed by atoms with Crippen molar-refractivity contribution in [2.75, 3.05) is 13.2 Å². The van der Waals surface area contributed by atoms with Gasteiger partial charge < -0.3 is 15.8 Å². The molecule has 0 fully saturated rings. The highest BCUT2D eigenvalue weighted by Gasteiger charge is 2.29. The van der Waals surface area contributed by atoms with E-state index in [2.05, 4.69) is 38.2 Å². The maximum atomic E-state index is 10.8. The van der Waals surface area contributed by atoms with Crippen LogP contribution in [0.15, 0.2) is 41.4 Å². The average Bonchev–Trinajstić information content (AvgIpc) is 2.61. The minimum absolute atomic E-state index is 0.109.